The summed E-state index contributed by atoms with van der Waals surface area (Å²) >= 11 is 0. The van der Waals surface area contributed by atoms with Crippen molar-refractivity contribution >= 4 is 18.4 Å². The van der Waals surface area contributed by atoms with E-state index in [1.54, 1.807) is 0 Å². The maximum Gasteiger partial charge on any atom is 0.323 e. The normalized spacial score (nSPS) is 33.3. The summed E-state index contributed by atoms with van der Waals surface area (Å²) in [5.74, 6) is -0.266. The van der Waals surface area contributed by atoms with Gasteiger partial charge in [-0.25, -0.2) is 0 Å². The van der Waals surface area contributed by atoms with Gasteiger partial charge in [0, 0.05) is 6.42 Å². The maximum atomic E-state index is 10.4. The predicted molar refractivity (Wildman–Crippen MR) is 35.4 cm³/mol. The highest BCUT2D eigenvalue weighted by Crippen LogP contribution is 2.10. The van der Waals surface area contributed by atoms with Gasteiger partial charge in [0.25, 0.3) is 0 Å². The largest absolute Gasteiger partial charge is 0.461 e. The lowest BCUT2D eigenvalue weighted by atomic mass is 10.2. The molecule has 3 nitrogen and oxygen atoms in total. The van der Waals surface area contributed by atoms with Crippen molar-refractivity contribution in [3.63, 3.8) is 0 Å². The second-order valence-electron chi connectivity index (χ2n) is 2.09. The van der Waals surface area contributed by atoms with Crippen LogP contribution in [-0.2, 0) is 9.53 Å². The van der Waals surface area contributed by atoms with Crippen molar-refractivity contribution in [3.05, 3.63) is 0 Å². The van der Waals surface area contributed by atoms with E-state index in [9.17, 15) is 4.79 Å². The Bertz CT molecular complexity index is 118. The molecule has 1 rings (SSSR count). The molecular weight excluding hydrogens is 142 g/mol. The number of cyclic esters (lactones) is 1. The molecular formula is C5H10ClNO2. The highest BCUT2D eigenvalue weighted by Gasteiger charge is 2.27. The highest BCUT2D eigenvalue weighted by atomic mass is 35.5. The van der Waals surface area contributed by atoms with Gasteiger partial charge in [-0.15, -0.1) is 12.4 Å². The number of halogens is 1. The van der Waals surface area contributed by atoms with Crippen molar-refractivity contribution in [2.75, 3.05) is 0 Å². The van der Waals surface area contributed by atoms with Gasteiger partial charge in [0.15, 0.2) is 0 Å². The van der Waals surface area contributed by atoms with Gasteiger partial charge < -0.3 is 10.5 Å². The van der Waals surface area contributed by atoms with Gasteiger partial charge in [-0.05, 0) is 6.92 Å². The van der Waals surface area contributed by atoms with E-state index < -0.39 is 0 Å². The van der Waals surface area contributed by atoms with E-state index in [-0.39, 0.29) is 30.5 Å². The van der Waals surface area contributed by atoms with Crippen LogP contribution in [0.4, 0.5) is 0 Å². The molecule has 0 aromatic carbocycles. The van der Waals surface area contributed by atoms with E-state index in [1.165, 1.54) is 0 Å². The van der Waals surface area contributed by atoms with Crippen LogP contribution in [0.1, 0.15) is 13.3 Å². The number of nitrogens with two attached hydrogens (primary N) is 1. The van der Waals surface area contributed by atoms with Gasteiger partial charge in [0.05, 0.1) is 0 Å². The molecule has 2 unspecified atom stereocenters. The fourth-order valence-electron chi connectivity index (χ4n) is 0.788. The summed E-state index contributed by atoms with van der Waals surface area (Å²) in [5, 5.41) is 0. The molecule has 0 spiro atoms. The van der Waals surface area contributed by atoms with Crippen LogP contribution in [0, 0.1) is 0 Å². The Balaban J connectivity index is 0.000000640. The van der Waals surface area contributed by atoms with Crippen LogP contribution in [0.25, 0.3) is 0 Å². The first-order chi connectivity index (χ1) is 3.70. The Kier molecular flexibility index (Phi) is 2.94. The lowest BCUT2D eigenvalue weighted by Crippen LogP contribution is -2.24. The molecule has 1 aliphatic heterocycles. The molecule has 0 amide bonds. The number of ether oxygens (including phenoxy) is 1. The molecule has 1 heterocycles. The van der Waals surface area contributed by atoms with Gasteiger partial charge in [-0.3, -0.25) is 4.79 Å². The molecule has 1 aliphatic rings. The summed E-state index contributed by atoms with van der Waals surface area (Å²) in [5.41, 5.74) is 5.29. The third-order valence-corrected chi connectivity index (χ3v) is 1.21. The molecule has 2 atom stereocenters. The summed E-state index contributed by atoms with van der Waals surface area (Å²) < 4.78 is 4.71. The first-order valence-corrected chi connectivity index (χ1v) is 2.66. The molecule has 9 heavy (non-hydrogen) atoms. The molecule has 1 fully saturated rings. The van der Waals surface area contributed by atoms with E-state index in [0.717, 1.165) is 0 Å². The van der Waals surface area contributed by atoms with E-state index in [0.29, 0.717) is 6.42 Å². The zero-order valence-electron chi connectivity index (χ0n) is 5.16. The number of esters is 1. The minimum absolute atomic E-state index is 0. The summed E-state index contributed by atoms with van der Waals surface area (Å²) in [4.78, 5) is 10.4. The Morgan fingerprint density at radius 3 is 2.44 bits per heavy atom. The van der Waals surface area contributed by atoms with Crippen molar-refractivity contribution in [2.24, 2.45) is 5.73 Å². The average molecular weight is 152 g/mol. The van der Waals surface area contributed by atoms with Crippen LogP contribution in [0.15, 0.2) is 0 Å². The molecule has 0 saturated carbocycles. The Morgan fingerprint density at radius 1 is 1.78 bits per heavy atom. The summed E-state index contributed by atoms with van der Waals surface area (Å²) in [7, 11) is 0. The molecule has 0 aliphatic carbocycles. The van der Waals surface area contributed by atoms with Crippen molar-refractivity contribution in [1.82, 2.24) is 0 Å². The topological polar surface area (TPSA) is 52.3 Å². The maximum absolute atomic E-state index is 10.4. The Hall–Kier alpha value is -0.280. The zero-order chi connectivity index (χ0) is 6.15. The SMILES string of the molecule is CC1CC(N)C(=O)O1.Cl. The number of rotatable bonds is 0. The molecule has 54 valence electrons. The Labute approximate surface area is 60.0 Å². The molecule has 0 radical (unpaired) electrons. The predicted octanol–water partition coefficient (Wildman–Crippen LogP) is 0.0709. The fraction of sp³-hybridized carbons (Fsp3) is 0.800. The van der Waals surface area contributed by atoms with Crippen molar-refractivity contribution < 1.29 is 9.53 Å². The summed E-state index contributed by atoms with van der Waals surface area (Å²) in [6.45, 7) is 1.84. The number of hydrogen-bond donors (Lipinski definition) is 1. The van der Waals surface area contributed by atoms with Crippen LogP contribution < -0.4 is 5.73 Å². The van der Waals surface area contributed by atoms with Gasteiger partial charge in [-0.2, -0.15) is 0 Å². The van der Waals surface area contributed by atoms with Crippen molar-refractivity contribution in [3.8, 4) is 0 Å². The smallest absolute Gasteiger partial charge is 0.323 e. The Morgan fingerprint density at radius 2 is 2.33 bits per heavy atom. The third-order valence-electron chi connectivity index (χ3n) is 1.21. The number of hydrogen-bond acceptors (Lipinski definition) is 3. The van der Waals surface area contributed by atoms with Crippen molar-refractivity contribution in [1.29, 1.82) is 0 Å². The van der Waals surface area contributed by atoms with Crippen LogP contribution in [-0.4, -0.2) is 18.1 Å². The van der Waals surface area contributed by atoms with Crippen LogP contribution >= 0.6 is 12.4 Å². The first-order valence-electron chi connectivity index (χ1n) is 2.66. The summed E-state index contributed by atoms with van der Waals surface area (Å²) in [6, 6.07) is -0.370. The standard InChI is InChI=1S/C5H9NO2.ClH/c1-3-2-4(6)5(7)8-3;/h3-4H,2,6H2,1H3;1H. The number of carbonyl (C=O) groups is 1. The minimum atomic E-state index is -0.370. The first kappa shape index (κ1) is 8.72. The van der Waals surface area contributed by atoms with Crippen LogP contribution in [0.2, 0.25) is 0 Å². The van der Waals surface area contributed by atoms with Gasteiger partial charge in [0.2, 0.25) is 0 Å². The third kappa shape index (κ3) is 1.84. The van der Waals surface area contributed by atoms with Crippen LogP contribution in [0.5, 0.6) is 0 Å². The highest BCUT2D eigenvalue weighted by molar-refractivity contribution is 5.85. The lowest BCUT2D eigenvalue weighted by Gasteiger charge is -1.95. The lowest BCUT2D eigenvalue weighted by molar-refractivity contribution is -0.141. The van der Waals surface area contributed by atoms with E-state index in [4.69, 9.17) is 10.5 Å². The van der Waals surface area contributed by atoms with E-state index in [2.05, 4.69) is 0 Å². The van der Waals surface area contributed by atoms with Crippen molar-refractivity contribution in [2.45, 2.75) is 25.5 Å². The second kappa shape index (κ2) is 3.03. The van der Waals surface area contributed by atoms with Gasteiger partial charge >= 0.3 is 5.97 Å². The number of carbonyl (C=O) groups excluding carboxylic acids is 1. The van der Waals surface area contributed by atoms with Gasteiger partial charge in [-0.1, -0.05) is 0 Å². The van der Waals surface area contributed by atoms with E-state index in [1.807, 2.05) is 6.92 Å². The summed E-state index contributed by atoms with van der Waals surface area (Å²) in [6.07, 6.45) is 0.691. The second-order valence-corrected chi connectivity index (χ2v) is 2.09. The van der Waals surface area contributed by atoms with Gasteiger partial charge in [0.1, 0.15) is 12.1 Å². The molecule has 2 N–H and O–H groups in total. The molecule has 4 heteroatoms. The monoisotopic (exact) mass is 151 g/mol. The molecule has 0 aromatic rings. The molecule has 0 bridgehead atoms. The fourth-order valence-corrected chi connectivity index (χ4v) is 0.788. The van der Waals surface area contributed by atoms with Crippen LogP contribution in [0.3, 0.4) is 0 Å². The quantitative estimate of drug-likeness (QED) is 0.499. The molecule has 1 saturated heterocycles. The molecule has 0 aromatic heterocycles. The zero-order valence-corrected chi connectivity index (χ0v) is 5.98. The van der Waals surface area contributed by atoms with E-state index >= 15 is 0 Å². The average Bonchev–Trinajstić information content (AvgIpc) is 1.85. The minimum Gasteiger partial charge on any atom is -0.461 e.